The summed E-state index contributed by atoms with van der Waals surface area (Å²) < 4.78 is 15.3. The first-order chi connectivity index (χ1) is 9.47. The summed E-state index contributed by atoms with van der Waals surface area (Å²) in [6.45, 7) is 0. The van der Waals surface area contributed by atoms with Gasteiger partial charge in [-0.3, -0.25) is 4.57 Å². The molecule has 102 valence electrons. The van der Waals surface area contributed by atoms with E-state index in [1.54, 1.807) is 22.8 Å². The van der Waals surface area contributed by atoms with Gasteiger partial charge in [0.15, 0.2) is 4.77 Å². The number of nitrogens with one attached hydrogen (secondary N) is 1. The lowest BCUT2D eigenvalue weighted by Crippen LogP contribution is -1.95. The minimum absolute atomic E-state index is 0.346. The smallest absolute Gasteiger partial charge is 0.182 e. The van der Waals surface area contributed by atoms with Gasteiger partial charge in [-0.2, -0.15) is 0 Å². The molecule has 0 aliphatic rings. The molecule has 1 heterocycles. The van der Waals surface area contributed by atoms with Crippen molar-refractivity contribution in [2.24, 2.45) is 0 Å². The van der Waals surface area contributed by atoms with Crippen LogP contribution in [0.2, 0.25) is 15.1 Å². The number of aromatic nitrogens is 2. The van der Waals surface area contributed by atoms with Crippen LogP contribution in [0, 0.1) is 10.6 Å². The lowest BCUT2D eigenvalue weighted by molar-refractivity contribution is 0.629. The zero-order chi connectivity index (χ0) is 14.4. The number of hydrogen-bond donors (Lipinski definition) is 1. The van der Waals surface area contributed by atoms with Crippen molar-refractivity contribution in [2.75, 3.05) is 0 Å². The Balaban J connectivity index is 2.38. The van der Waals surface area contributed by atoms with E-state index < -0.39 is 0 Å². The minimum Gasteiger partial charge on any atom is -0.330 e. The molecule has 1 aromatic heterocycles. The Bertz CT molecular complexity index is 885. The van der Waals surface area contributed by atoms with Gasteiger partial charge >= 0.3 is 0 Å². The molecule has 0 fully saturated rings. The standard InChI is InChI=1S/C13H6Cl3FN2S/c14-7-4-9(16)12(5-8(7)15)19-11-2-1-6(17)3-10(11)18-13(19)20/h1-5H,(H,18,20). The first-order valence-electron chi connectivity index (χ1n) is 5.52. The van der Waals surface area contributed by atoms with Gasteiger partial charge in [0.1, 0.15) is 5.82 Å². The van der Waals surface area contributed by atoms with E-state index in [9.17, 15) is 4.39 Å². The summed E-state index contributed by atoms with van der Waals surface area (Å²) in [5, 5.41) is 1.13. The van der Waals surface area contributed by atoms with E-state index in [-0.39, 0.29) is 5.82 Å². The Labute approximate surface area is 133 Å². The average molecular weight is 348 g/mol. The third-order valence-electron chi connectivity index (χ3n) is 2.87. The number of halogens is 4. The van der Waals surface area contributed by atoms with Crippen LogP contribution in [0.5, 0.6) is 0 Å². The first kappa shape index (κ1) is 13.9. The van der Waals surface area contributed by atoms with Crippen LogP contribution < -0.4 is 0 Å². The quantitative estimate of drug-likeness (QED) is 0.436. The second-order valence-corrected chi connectivity index (χ2v) is 5.75. The molecule has 0 saturated carbocycles. The molecule has 2 nitrogen and oxygen atoms in total. The highest BCUT2D eigenvalue weighted by Crippen LogP contribution is 2.33. The number of H-pyrrole nitrogens is 1. The van der Waals surface area contributed by atoms with E-state index in [1.807, 2.05) is 0 Å². The Kier molecular flexibility index (Phi) is 3.50. The molecular weight excluding hydrogens is 342 g/mol. The van der Waals surface area contributed by atoms with E-state index in [0.717, 1.165) is 0 Å². The first-order valence-corrected chi connectivity index (χ1v) is 7.07. The normalized spacial score (nSPS) is 11.2. The minimum atomic E-state index is -0.346. The third-order valence-corrected chi connectivity index (χ3v) is 4.18. The Morgan fingerprint density at radius 2 is 1.70 bits per heavy atom. The van der Waals surface area contributed by atoms with Crippen LogP contribution in [0.4, 0.5) is 4.39 Å². The molecule has 7 heteroatoms. The molecule has 0 atom stereocenters. The highest BCUT2D eigenvalue weighted by atomic mass is 35.5. The maximum Gasteiger partial charge on any atom is 0.182 e. The van der Waals surface area contributed by atoms with Crippen molar-refractivity contribution in [3.05, 3.63) is 56.0 Å². The van der Waals surface area contributed by atoms with E-state index in [4.69, 9.17) is 47.0 Å². The van der Waals surface area contributed by atoms with Gasteiger partial charge < -0.3 is 4.98 Å². The average Bonchev–Trinajstić information content (AvgIpc) is 2.69. The lowest BCUT2D eigenvalue weighted by Gasteiger charge is -2.08. The van der Waals surface area contributed by atoms with Crippen LogP contribution in [0.15, 0.2) is 30.3 Å². The zero-order valence-corrected chi connectivity index (χ0v) is 12.8. The van der Waals surface area contributed by atoms with Crippen molar-refractivity contribution in [3.63, 3.8) is 0 Å². The van der Waals surface area contributed by atoms with Crippen LogP contribution in [-0.4, -0.2) is 9.55 Å². The summed E-state index contributed by atoms with van der Waals surface area (Å²) in [5.74, 6) is -0.346. The Morgan fingerprint density at radius 3 is 2.45 bits per heavy atom. The van der Waals surface area contributed by atoms with Crippen LogP contribution in [-0.2, 0) is 0 Å². The fraction of sp³-hybridized carbons (Fsp3) is 0. The number of benzene rings is 2. The number of rotatable bonds is 1. The molecule has 1 N–H and O–H groups in total. The number of nitrogens with zero attached hydrogens (tertiary/aromatic N) is 1. The largest absolute Gasteiger partial charge is 0.330 e. The van der Waals surface area contributed by atoms with Gasteiger partial charge in [0.05, 0.1) is 31.8 Å². The molecule has 0 amide bonds. The number of fused-ring (bicyclic) bond motifs is 1. The Hall–Kier alpha value is -1.07. The fourth-order valence-electron chi connectivity index (χ4n) is 2.01. The highest BCUT2D eigenvalue weighted by Gasteiger charge is 2.12. The molecule has 20 heavy (non-hydrogen) atoms. The summed E-state index contributed by atoms with van der Waals surface area (Å²) >= 11 is 23.4. The maximum atomic E-state index is 13.2. The second-order valence-electron chi connectivity index (χ2n) is 4.14. The molecule has 2 aromatic carbocycles. The van der Waals surface area contributed by atoms with Gasteiger partial charge in [0, 0.05) is 0 Å². The second kappa shape index (κ2) is 5.04. The zero-order valence-electron chi connectivity index (χ0n) is 9.75. The molecule has 0 spiro atoms. The van der Waals surface area contributed by atoms with Crippen molar-refractivity contribution in [2.45, 2.75) is 0 Å². The van der Waals surface area contributed by atoms with Crippen LogP contribution in [0.1, 0.15) is 0 Å². The summed E-state index contributed by atoms with van der Waals surface area (Å²) in [4.78, 5) is 2.93. The molecule has 0 radical (unpaired) electrons. The van der Waals surface area contributed by atoms with Gasteiger partial charge in [0.25, 0.3) is 0 Å². The molecule has 0 aliphatic heterocycles. The van der Waals surface area contributed by atoms with Gasteiger partial charge in [-0.15, -0.1) is 0 Å². The van der Waals surface area contributed by atoms with Gasteiger partial charge in [0.2, 0.25) is 0 Å². The van der Waals surface area contributed by atoms with Gasteiger partial charge in [-0.25, -0.2) is 4.39 Å². The monoisotopic (exact) mass is 346 g/mol. The van der Waals surface area contributed by atoms with Gasteiger partial charge in [-0.05, 0) is 42.5 Å². The van der Waals surface area contributed by atoms with E-state index in [2.05, 4.69) is 4.98 Å². The van der Waals surface area contributed by atoms with Crippen LogP contribution in [0.25, 0.3) is 16.7 Å². The fourth-order valence-corrected chi connectivity index (χ4v) is 2.94. The van der Waals surface area contributed by atoms with Crippen molar-refractivity contribution < 1.29 is 4.39 Å². The summed E-state index contributed by atoms with van der Waals surface area (Å²) in [7, 11) is 0. The lowest BCUT2D eigenvalue weighted by atomic mass is 10.2. The van der Waals surface area contributed by atoms with E-state index in [0.29, 0.717) is 36.6 Å². The van der Waals surface area contributed by atoms with Crippen molar-refractivity contribution in [1.29, 1.82) is 0 Å². The van der Waals surface area contributed by atoms with Gasteiger partial charge in [-0.1, -0.05) is 34.8 Å². The molecular formula is C13H6Cl3FN2S. The highest BCUT2D eigenvalue weighted by molar-refractivity contribution is 7.71. The topological polar surface area (TPSA) is 20.7 Å². The number of hydrogen-bond acceptors (Lipinski definition) is 1. The predicted molar refractivity (Wildman–Crippen MR) is 83.4 cm³/mol. The SMILES string of the molecule is Fc1ccc2c(c1)[nH]c(=S)n2-c1cc(Cl)c(Cl)cc1Cl. The maximum absolute atomic E-state index is 13.2. The van der Waals surface area contributed by atoms with Crippen LogP contribution >= 0.6 is 47.0 Å². The molecule has 0 saturated heterocycles. The van der Waals surface area contributed by atoms with Crippen molar-refractivity contribution in [1.82, 2.24) is 9.55 Å². The number of imidazole rings is 1. The molecule has 0 unspecified atom stereocenters. The van der Waals surface area contributed by atoms with Crippen LogP contribution in [0.3, 0.4) is 0 Å². The molecule has 3 rings (SSSR count). The van der Waals surface area contributed by atoms with Crippen molar-refractivity contribution in [3.8, 4) is 5.69 Å². The summed E-state index contributed by atoms with van der Waals surface area (Å²) in [5.41, 5.74) is 1.87. The van der Waals surface area contributed by atoms with E-state index >= 15 is 0 Å². The Morgan fingerprint density at radius 1 is 1.00 bits per heavy atom. The third kappa shape index (κ3) is 2.23. The molecule has 3 aromatic rings. The predicted octanol–water partition coefficient (Wildman–Crippen LogP) is 5.79. The van der Waals surface area contributed by atoms with E-state index in [1.165, 1.54) is 12.1 Å². The molecule has 0 bridgehead atoms. The summed E-state index contributed by atoms with van der Waals surface area (Å²) in [6.07, 6.45) is 0. The molecule has 0 aliphatic carbocycles. The van der Waals surface area contributed by atoms with Crippen molar-refractivity contribution >= 4 is 58.1 Å². The number of aromatic amines is 1. The summed E-state index contributed by atoms with van der Waals surface area (Å²) in [6, 6.07) is 7.51.